The second kappa shape index (κ2) is 11.0. The summed E-state index contributed by atoms with van der Waals surface area (Å²) in [7, 11) is 5.30. The molecule has 0 spiro atoms. The van der Waals surface area contributed by atoms with Gasteiger partial charge >= 0.3 is 17.6 Å². The van der Waals surface area contributed by atoms with Gasteiger partial charge in [0.15, 0.2) is 0 Å². The Balaban J connectivity index is 3.49. The van der Waals surface area contributed by atoms with Gasteiger partial charge in [0.05, 0.1) is 38.4 Å². The molecule has 0 aromatic heterocycles. The predicted octanol–water partition coefficient (Wildman–Crippen LogP) is 2.60. The van der Waals surface area contributed by atoms with Gasteiger partial charge in [0.1, 0.15) is 11.9 Å². The highest BCUT2D eigenvalue weighted by Crippen LogP contribution is 2.43. The highest BCUT2D eigenvalue weighted by atomic mass is 16.6. The Labute approximate surface area is 168 Å². The molecule has 0 heterocycles. The average molecular weight is 411 g/mol. The van der Waals surface area contributed by atoms with Crippen LogP contribution in [0.3, 0.4) is 0 Å². The zero-order valence-electron chi connectivity index (χ0n) is 17.2. The largest absolute Gasteiger partial charge is 0.496 e. The van der Waals surface area contributed by atoms with Crippen molar-refractivity contribution in [2.45, 2.75) is 26.1 Å². The van der Waals surface area contributed by atoms with Crippen molar-refractivity contribution in [3.8, 4) is 11.5 Å². The molecule has 0 radical (unpaired) electrons. The number of hydrogen-bond acceptors (Lipinski definition) is 9. The minimum absolute atomic E-state index is 0.00646. The number of methoxy groups -OCH3 is 4. The van der Waals surface area contributed by atoms with Crippen LogP contribution >= 0.6 is 0 Å². The van der Waals surface area contributed by atoms with Crippen LogP contribution in [0.25, 0.3) is 0 Å². The third kappa shape index (κ3) is 6.18. The summed E-state index contributed by atoms with van der Waals surface area (Å²) < 4.78 is 25.9. The Hall–Kier alpha value is -3.14. The number of benzene rings is 1. The summed E-state index contributed by atoms with van der Waals surface area (Å²) in [5, 5.41) is 11.5. The van der Waals surface area contributed by atoms with Crippen LogP contribution in [-0.4, -0.2) is 51.4 Å². The minimum atomic E-state index is -0.883. The third-order valence-electron chi connectivity index (χ3n) is 4.19. The van der Waals surface area contributed by atoms with Crippen LogP contribution < -0.4 is 9.47 Å². The molecule has 160 valence electrons. The van der Waals surface area contributed by atoms with E-state index in [9.17, 15) is 19.7 Å². The third-order valence-corrected chi connectivity index (χ3v) is 4.19. The second-order valence-electron chi connectivity index (χ2n) is 6.00. The molecule has 10 nitrogen and oxygen atoms in total. The monoisotopic (exact) mass is 411 g/mol. The number of nitro groups is 1. The van der Waals surface area contributed by atoms with Crippen molar-refractivity contribution < 1.29 is 38.2 Å². The van der Waals surface area contributed by atoms with Crippen LogP contribution in [0.5, 0.6) is 11.5 Å². The quantitative estimate of drug-likeness (QED) is 0.247. The highest BCUT2D eigenvalue weighted by molar-refractivity contribution is 5.81. The second-order valence-corrected chi connectivity index (χ2v) is 6.00. The molecule has 0 aliphatic carbocycles. The Morgan fingerprint density at radius 2 is 1.79 bits per heavy atom. The fourth-order valence-corrected chi connectivity index (χ4v) is 2.85. The van der Waals surface area contributed by atoms with Crippen molar-refractivity contribution in [3.63, 3.8) is 0 Å². The molecule has 0 N–H and O–H groups in total. The first kappa shape index (κ1) is 23.9. The maximum absolute atomic E-state index is 11.5. The molecule has 0 aliphatic heterocycles. The summed E-state index contributed by atoms with van der Waals surface area (Å²) in [5.74, 6) is -1.54. The van der Waals surface area contributed by atoms with E-state index >= 15 is 0 Å². The number of nitro benzene ring substituents is 1. The van der Waals surface area contributed by atoms with E-state index in [4.69, 9.17) is 18.9 Å². The molecule has 1 rings (SSSR count). The van der Waals surface area contributed by atoms with Crippen LogP contribution in [0.15, 0.2) is 24.3 Å². The number of hydrogen-bond donors (Lipinski definition) is 0. The van der Waals surface area contributed by atoms with Crippen molar-refractivity contribution in [3.05, 3.63) is 40.0 Å². The van der Waals surface area contributed by atoms with Crippen molar-refractivity contribution in [2.24, 2.45) is 5.92 Å². The van der Waals surface area contributed by atoms with E-state index in [1.54, 1.807) is 13.0 Å². The van der Waals surface area contributed by atoms with E-state index in [1.165, 1.54) is 47.5 Å². The van der Waals surface area contributed by atoms with Gasteiger partial charge in [-0.25, -0.2) is 4.79 Å². The van der Waals surface area contributed by atoms with Crippen LogP contribution in [-0.2, 0) is 23.8 Å². The standard InChI is InChI=1S/C19H25NO9/c1-11(16(29-12(2)21)7-8-17(22)26-4)18(27-5)14-9-13(25-3)10-15(20(23)24)19(14)28-6/h7-11,16,18H,1-6H3/b8-7+/t11-,16-,18+/m0/s1. The molecule has 0 bridgehead atoms. The van der Waals surface area contributed by atoms with Gasteiger partial charge in [-0.1, -0.05) is 6.92 Å². The molecule has 0 fully saturated rings. The van der Waals surface area contributed by atoms with Crippen molar-refractivity contribution in [1.29, 1.82) is 0 Å². The van der Waals surface area contributed by atoms with Gasteiger partial charge in [-0.2, -0.15) is 0 Å². The van der Waals surface area contributed by atoms with Crippen LogP contribution in [0.1, 0.15) is 25.5 Å². The fourth-order valence-electron chi connectivity index (χ4n) is 2.85. The highest BCUT2D eigenvalue weighted by Gasteiger charge is 2.33. The minimum Gasteiger partial charge on any atom is -0.496 e. The topological polar surface area (TPSA) is 123 Å². The van der Waals surface area contributed by atoms with Crippen molar-refractivity contribution >= 4 is 17.6 Å². The number of nitrogens with zero attached hydrogens (tertiary/aromatic N) is 1. The molecular weight excluding hydrogens is 386 g/mol. The first-order chi connectivity index (χ1) is 13.7. The molecule has 1 aromatic rings. The van der Waals surface area contributed by atoms with Gasteiger partial charge < -0.3 is 23.7 Å². The average Bonchev–Trinajstić information content (AvgIpc) is 2.69. The van der Waals surface area contributed by atoms with E-state index in [2.05, 4.69) is 4.74 Å². The number of rotatable bonds is 10. The lowest BCUT2D eigenvalue weighted by atomic mass is 9.90. The molecule has 0 amide bonds. The van der Waals surface area contributed by atoms with Gasteiger partial charge in [0.2, 0.25) is 5.75 Å². The molecule has 0 aliphatic rings. The molecular formula is C19H25NO9. The molecule has 0 saturated heterocycles. The SMILES string of the molecule is COC(=O)/C=C/[C@H](OC(C)=O)[C@H](C)[C@@H](OC)c1cc(OC)cc([N+](=O)[O-])c1OC. The van der Waals surface area contributed by atoms with E-state index < -0.39 is 35.0 Å². The molecule has 0 unspecified atom stereocenters. The zero-order valence-corrected chi connectivity index (χ0v) is 17.2. The van der Waals surface area contributed by atoms with E-state index in [-0.39, 0.29) is 17.2 Å². The Bertz CT molecular complexity index is 775. The zero-order chi connectivity index (χ0) is 22.1. The van der Waals surface area contributed by atoms with Gasteiger partial charge in [-0.05, 0) is 12.1 Å². The lowest BCUT2D eigenvalue weighted by Crippen LogP contribution is -2.28. The van der Waals surface area contributed by atoms with Gasteiger partial charge in [-0.15, -0.1) is 0 Å². The number of carbonyl (C=O) groups excluding carboxylic acids is 2. The molecule has 3 atom stereocenters. The molecule has 1 aromatic carbocycles. The van der Waals surface area contributed by atoms with Gasteiger partial charge in [0.25, 0.3) is 0 Å². The maximum atomic E-state index is 11.5. The number of carbonyl (C=O) groups is 2. The summed E-state index contributed by atoms with van der Waals surface area (Å²) >= 11 is 0. The molecule has 0 saturated carbocycles. The van der Waals surface area contributed by atoms with E-state index in [0.29, 0.717) is 5.56 Å². The first-order valence-electron chi connectivity index (χ1n) is 8.56. The number of ether oxygens (including phenoxy) is 5. The fraction of sp³-hybridized carbons (Fsp3) is 0.474. The summed E-state index contributed by atoms with van der Waals surface area (Å²) in [6, 6.07) is 2.78. The Morgan fingerprint density at radius 3 is 2.24 bits per heavy atom. The summed E-state index contributed by atoms with van der Waals surface area (Å²) in [5.41, 5.74) is 0.0300. The summed E-state index contributed by atoms with van der Waals surface area (Å²) in [6.07, 6.45) is 0.810. The molecule has 10 heteroatoms. The van der Waals surface area contributed by atoms with Gasteiger partial charge in [-0.3, -0.25) is 14.9 Å². The van der Waals surface area contributed by atoms with Crippen LogP contribution in [0.4, 0.5) is 5.69 Å². The van der Waals surface area contributed by atoms with E-state index in [1.807, 2.05) is 0 Å². The number of esters is 2. The van der Waals surface area contributed by atoms with Gasteiger partial charge in [0, 0.05) is 31.6 Å². The summed E-state index contributed by atoms with van der Waals surface area (Å²) in [4.78, 5) is 33.9. The Kier molecular flexibility index (Phi) is 9.07. The molecule has 29 heavy (non-hydrogen) atoms. The lowest BCUT2D eigenvalue weighted by molar-refractivity contribution is -0.385. The van der Waals surface area contributed by atoms with Crippen LogP contribution in [0, 0.1) is 16.0 Å². The Morgan fingerprint density at radius 1 is 1.14 bits per heavy atom. The van der Waals surface area contributed by atoms with Crippen LogP contribution in [0.2, 0.25) is 0 Å². The van der Waals surface area contributed by atoms with Crippen molar-refractivity contribution in [1.82, 2.24) is 0 Å². The summed E-state index contributed by atoms with van der Waals surface area (Å²) in [6.45, 7) is 2.93. The normalized spacial score (nSPS) is 14.0. The smallest absolute Gasteiger partial charge is 0.330 e. The maximum Gasteiger partial charge on any atom is 0.330 e. The predicted molar refractivity (Wildman–Crippen MR) is 102 cm³/mol. The first-order valence-corrected chi connectivity index (χ1v) is 8.56. The van der Waals surface area contributed by atoms with Crippen molar-refractivity contribution in [2.75, 3.05) is 28.4 Å². The van der Waals surface area contributed by atoms with E-state index in [0.717, 1.165) is 6.08 Å². The lowest BCUT2D eigenvalue weighted by Gasteiger charge is -2.29.